The lowest BCUT2D eigenvalue weighted by atomic mass is 9.89. The Kier molecular flexibility index (Phi) is 10.5. The second-order valence-electron chi connectivity index (χ2n) is 10.1. The molecule has 2 saturated heterocycles. The van der Waals surface area contributed by atoms with Crippen molar-refractivity contribution in [3.63, 3.8) is 0 Å². The van der Waals surface area contributed by atoms with Crippen molar-refractivity contribution in [2.75, 3.05) is 44.7 Å². The summed E-state index contributed by atoms with van der Waals surface area (Å²) in [5, 5.41) is 4.09. The largest absolute Gasteiger partial charge is 0.371 e. The highest BCUT2D eigenvalue weighted by atomic mass is 79.9. The van der Waals surface area contributed by atoms with E-state index in [-0.39, 0.29) is 11.5 Å². The Bertz CT molecular complexity index is 703. The Hall–Kier alpha value is -0.500. The molecule has 0 N–H and O–H groups in total. The number of thiazole rings is 1. The molecule has 2 fully saturated rings. The average molecular weight is 529 g/mol. The van der Waals surface area contributed by atoms with E-state index < -0.39 is 0 Å². The van der Waals surface area contributed by atoms with Crippen LogP contribution in [0.25, 0.3) is 0 Å². The van der Waals surface area contributed by atoms with E-state index in [9.17, 15) is 4.79 Å². The number of rotatable bonds is 11. The molecular weight excluding hydrogens is 486 g/mol. The van der Waals surface area contributed by atoms with Gasteiger partial charge in [-0.15, -0.1) is 11.3 Å². The molecule has 7 heteroatoms. The third-order valence-corrected chi connectivity index (χ3v) is 9.22. The summed E-state index contributed by atoms with van der Waals surface area (Å²) in [6.45, 7) is 12.0. The molecule has 0 radical (unpaired) electrons. The number of aromatic nitrogens is 1. The van der Waals surface area contributed by atoms with Gasteiger partial charge in [0.25, 0.3) is 5.91 Å². The fraction of sp³-hybridized carbons (Fsp3) is 0.840. The molecule has 3 heterocycles. The van der Waals surface area contributed by atoms with E-state index in [2.05, 4.69) is 46.6 Å². The maximum absolute atomic E-state index is 13.0. The molecule has 2 aliphatic heterocycles. The molecular formula is C25H42BrN3O2S. The number of hydrogen-bond donors (Lipinski definition) is 0. The van der Waals surface area contributed by atoms with E-state index in [1.165, 1.54) is 45.1 Å². The summed E-state index contributed by atoms with van der Waals surface area (Å²) in [5.41, 5.74) is 0.447. The fourth-order valence-electron chi connectivity index (χ4n) is 4.75. The number of halogens is 1. The molecule has 5 nitrogen and oxygen atoms in total. The molecule has 182 valence electrons. The van der Waals surface area contributed by atoms with E-state index >= 15 is 0 Å². The average Bonchev–Trinajstić information content (AvgIpc) is 3.30. The monoisotopic (exact) mass is 527 g/mol. The Labute approximate surface area is 207 Å². The molecule has 0 bridgehead atoms. The Morgan fingerprint density at radius 1 is 1.16 bits per heavy atom. The highest BCUT2D eigenvalue weighted by molar-refractivity contribution is 9.09. The van der Waals surface area contributed by atoms with Crippen LogP contribution in [0.3, 0.4) is 0 Å². The summed E-state index contributed by atoms with van der Waals surface area (Å²) < 4.78 is 6.27. The molecule has 1 unspecified atom stereocenters. The van der Waals surface area contributed by atoms with Crippen LogP contribution < -0.4 is 0 Å². The van der Waals surface area contributed by atoms with Gasteiger partial charge in [-0.2, -0.15) is 0 Å². The number of ether oxygens (including phenoxy) is 1. The van der Waals surface area contributed by atoms with Crippen molar-refractivity contribution in [1.29, 1.82) is 0 Å². The number of amides is 1. The number of piperidine rings is 1. The maximum Gasteiger partial charge on any atom is 0.273 e. The second kappa shape index (κ2) is 12.8. The lowest BCUT2D eigenvalue weighted by Gasteiger charge is -2.47. The first-order valence-corrected chi connectivity index (χ1v) is 14.6. The molecule has 0 saturated carbocycles. The van der Waals surface area contributed by atoms with Crippen molar-refractivity contribution >= 4 is 33.2 Å². The molecule has 0 aliphatic carbocycles. The third kappa shape index (κ3) is 7.51. The Morgan fingerprint density at radius 3 is 2.56 bits per heavy atom. The molecule has 0 aromatic carbocycles. The molecule has 1 aromatic heterocycles. The standard InChI is InChI=1S/C25H42BrN3O2S/c1-20(2)23-27-22(18-32-23)24(30)29-15-16-31-25(19-29)10-13-28(14-11-25)12-8-6-4-5-7-9-21(3)17-26/h18,20-21H,4-17,19H2,1-3H3. The Morgan fingerprint density at radius 2 is 1.88 bits per heavy atom. The molecule has 1 amide bonds. The minimum Gasteiger partial charge on any atom is -0.371 e. The van der Waals surface area contributed by atoms with Gasteiger partial charge < -0.3 is 14.5 Å². The van der Waals surface area contributed by atoms with Gasteiger partial charge in [0, 0.05) is 36.3 Å². The van der Waals surface area contributed by atoms with E-state index in [4.69, 9.17) is 4.74 Å². The van der Waals surface area contributed by atoms with Gasteiger partial charge in [-0.3, -0.25) is 4.79 Å². The van der Waals surface area contributed by atoms with Gasteiger partial charge in [-0.05, 0) is 38.1 Å². The lowest BCUT2D eigenvalue weighted by molar-refractivity contribution is -0.127. The number of likely N-dealkylation sites (tertiary alicyclic amines) is 1. The van der Waals surface area contributed by atoms with Gasteiger partial charge in [0.05, 0.1) is 23.8 Å². The predicted octanol–water partition coefficient (Wildman–Crippen LogP) is 5.95. The van der Waals surface area contributed by atoms with Crippen molar-refractivity contribution < 1.29 is 9.53 Å². The van der Waals surface area contributed by atoms with Crippen molar-refractivity contribution in [1.82, 2.24) is 14.8 Å². The maximum atomic E-state index is 13.0. The minimum absolute atomic E-state index is 0.0729. The molecule has 1 aromatic rings. The normalized spacial score (nSPS) is 20.2. The van der Waals surface area contributed by atoms with Crippen LogP contribution in [0.1, 0.15) is 93.6 Å². The van der Waals surface area contributed by atoms with E-state index in [1.807, 2.05) is 10.3 Å². The van der Waals surface area contributed by atoms with Gasteiger partial charge in [0.1, 0.15) is 5.69 Å². The molecule has 1 spiro atoms. The molecule has 3 rings (SSSR count). The topological polar surface area (TPSA) is 45.7 Å². The number of morpholine rings is 1. The number of carbonyl (C=O) groups excluding carboxylic acids is 1. The Balaban J connectivity index is 1.36. The summed E-state index contributed by atoms with van der Waals surface area (Å²) >= 11 is 5.16. The SMILES string of the molecule is CC(CBr)CCCCCCCN1CCC2(CC1)CN(C(=O)c1csc(C(C)C)n1)CCO2. The number of unbranched alkanes of at least 4 members (excludes halogenated alkanes) is 4. The van der Waals surface area contributed by atoms with Crippen LogP contribution >= 0.6 is 27.3 Å². The van der Waals surface area contributed by atoms with Crippen LogP contribution in [0.15, 0.2) is 5.38 Å². The predicted molar refractivity (Wildman–Crippen MR) is 137 cm³/mol. The number of carbonyl (C=O) groups is 1. The zero-order valence-electron chi connectivity index (χ0n) is 20.3. The number of hydrogen-bond acceptors (Lipinski definition) is 5. The summed E-state index contributed by atoms with van der Waals surface area (Å²) in [6.07, 6.45) is 10.1. The van der Waals surface area contributed by atoms with Gasteiger partial charge in [0.15, 0.2) is 0 Å². The van der Waals surface area contributed by atoms with Gasteiger partial charge in [0.2, 0.25) is 0 Å². The van der Waals surface area contributed by atoms with Crippen LogP contribution in [0.4, 0.5) is 0 Å². The quantitative estimate of drug-likeness (QED) is 0.263. The third-order valence-electron chi connectivity index (χ3n) is 6.97. The first kappa shape index (κ1) is 26.1. The van der Waals surface area contributed by atoms with Crippen molar-refractivity contribution in [2.45, 2.75) is 83.7 Å². The van der Waals surface area contributed by atoms with Crippen LogP contribution in [-0.2, 0) is 4.74 Å². The zero-order valence-corrected chi connectivity index (χ0v) is 22.7. The van der Waals surface area contributed by atoms with Crippen LogP contribution in [0, 0.1) is 5.92 Å². The summed E-state index contributed by atoms with van der Waals surface area (Å²) in [4.78, 5) is 22.2. The lowest BCUT2D eigenvalue weighted by Crippen LogP contribution is -2.58. The first-order valence-electron chi connectivity index (χ1n) is 12.6. The van der Waals surface area contributed by atoms with Gasteiger partial charge in [-0.25, -0.2) is 4.98 Å². The second-order valence-corrected chi connectivity index (χ2v) is 11.7. The van der Waals surface area contributed by atoms with E-state index in [1.54, 1.807) is 11.3 Å². The van der Waals surface area contributed by atoms with Crippen molar-refractivity contribution in [2.24, 2.45) is 5.92 Å². The molecule has 32 heavy (non-hydrogen) atoms. The van der Waals surface area contributed by atoms with Crippen LogP contribution in [0.5, 0.6) is 0 Å². The molecule has 2 aliphatic rings. The van der Waals surface area contributed by atoms with Crippen molar-refractivity contribution in [3.8, 4) is 0 Å². The summed E-state index contributed by atoms with van der Waals surface area (Å²) in [7, 11) is 0. The number of nitrogens with zero attached hydrogens (tertiary/aromatic N) is 3. The van der Waals surface area contributed by atoms with Gasteiger partial charge >= 0.3 is 0 Å². The summed E-state index contributed by atoms with van der Waals surface area (Å²) in [6, 6.07) is 0. The van der Waals surface area contributed by atoms with Crippen LogP contribution in [-0.4, -0.2) is 71.0 Å². The van der Waals surface area contributed by atoms with E-state index in [0.717, 1.165) is 42.2 Å². The molecule has 1 atom stereocenters. The minimum atomic E-state index is -0.159. The fourth-order valence-corrected chi connectivity index (χ4v) is 5.89. The smallest absolute Gasteiger partial charge is 0.273 e. The van der Waals surface area contributed by atoms with Crippen LogP contribution in [0.2, 0.25) is 0 Å². The first-order chi connectivity index (χ1) is 15.4. The number of alkyl halides is 1. The highest BCUT2D eigenvalue weighted by Crippen LogP contribution is 2.31. The van der Waals surface area contributed by atoms with Gasteiger partial charge in [-0.1, -0.05) is 62.4 Å². The zero-order chi connectivity index (χ0) is 23.0. The van der Waals surface area contributed by atoms with Crippen molar-refractivity contribution in [3.05, 3.63) is 16.1 Å². The van der Waals surface area contributed by atoms with E-state index in [0.29, 0.717) is 31.3 Å². The summed E-state index contributed by atoms with van der Waals surface area (Å²) in [5.74, 6) is 1.25. The highest BCUT2D eigenvalue weighted by Gasteiger charge is 2.41.